The molecule has 0 aromatic rings. The highest BCUT2D eigenvalue weighted by Gasteiger charge is 2.27. The average Bonchev–Trinajstić information content (AvgIpc) is 1.60. The fourth-order valence-electron chi connectivity index (χ4n) is 0.823. The van der Waals surface area contributed by atoms with Gasteiger partial charge in [-0.3, -0.25) is 0 Å². The van der Waals surface area contributed by atoms with Gasteiger partial charge in [-0.2, -0.15) is 0 Å². The second-order valence-electron chi connectivity index (χ2n) is 3.44. The minimum atomic E-state index is -1.13. The maximum Gasteiger partial charge on any atom is 0.140 e. The SMILES string of the molecule is CCC(O)(Cl)CC(C)(C)N. The summed E-state index contributed by atoms with van der Waals surface area (Å²) in [5.74, 6) is 0. The van der Waals surface area contributed by atoms with Crippen LogP contribution >= 0.6 is 11.6 Å². The van der Waals surface area contributed by atoms with Gasteiger partial charge in [0.05, 0.1) is 0 Å². The van der Waals surface area contributed by atoms with Gasteiger partial charge in [0.25, 0.3) is 0 Å². The zero-order valence-corrected chi connectivity index (χ0v) is 7.57. The Labute approximate surface area is 67.4 Å². The lowest BCUT2D eigenvalue weighted by Crippen LogP contribution is -2.40. The summed E-state index contributed by atoms with van der Waals surface area (Å²) in [6, 6.07) is 0. The van der Waals surface area contributed by atoms with Crippen molar-refractivity contribution in [3.8, 4) is 0 Å². The molecule has 0 spiro atoms. The molecule has 10 heavy (non-hydrogen) atoms. The molecule has 0 fully saturated rings. The van der Waals surface area contributed by atoms with Crippen LogP contribution in [0.2, 0.25) is 0 Å². The van der Waals surface area contributed by atoms with Crippen LogP contribution in [-0.4, -0.2) is 15.7 Å². The van der Waals surface area contributed by atoms with Crippen molar-refractivity contribution >= 4 is 11.6 Å². The Morgan fingerprint density at radius 2 is 1.90 bits per heavy atom. The second-order valence-corrected chi connectivity index (χ2v) is 4.14. The highest BCUT2D eigenvalue weighted by Crippen LogP contribution is 2.25. The molecule has 0 heterocycles. The third-order valence-electron chi connectivity index (χ3n) is 1.27. The first kappa shape index (κ1) is 10.2. The molecule has 0 aliphatic rings. The molecule has 0 aromatic heterocycles. The molecule has 0 bridgehead atoms. The summed E-state index contributed by atoms with van der Waals surface area (Å²) in [6.07, 6.45) is 0.938. The number of hydrogen-bond donors (Lipinski definition) is 2. The van der Waals surface area contributed by atoms with Gasteiger partial charge in [-0.15, -0.1) is 0 Å². The predicted molar refractivity (Wildman–Crippen MR) is 44.0 cm³/mol. The van der Waals surface area contributed by atoms with Crippen LogP contribution in [0.25, 0.3) is 0 Å². The quantitative estimate of drug-likeness (QED) is 0.622. The third kappa shape index (κ3) is 5.03. The van der Waals surface area contributed by atoms with Crippen molar-refractivity contribution in [1.29, 1.82) is 0 Å². The highest BCUT2D eigenvalue weighted by atomic mass is 35.5. The van der Waals surface area contributed by atoms with Gasteiger partial charge in [-0.1, -0.05) is 18.5 Å². The fraction of sp³-hybridized carbons (Fsp3) is 1.00. The van der Waals surface area contributed by atoms with Gasteiger partial charge >= 0.3 is 0 Å². The minimum absolute atomic E-state index is 0.396. The van der Waals surface area contributed by atoms with E-state index in [0.717, 1.165) is 0 Å². The standard InChI is InChI=1S/C7H16ClNO/c1-4-7(8,10)5-6(2,3)9/h10H,4-5,9H2,1-3H3. The largest absolute Gasteiger partial charge is 0.375 e. The fourth-order valence-corrected chi connectivity index (χ4v) is 1.17. The summed E-state index contributed by atoms with van der Waals surface area (Å²) >= 11 is 5.68. The molecule has 0 rings (SSSR count). The van der Waals surface area contributed by atoms with E-state index in [-0.39, 0.29) is 0 Å². The molecular formula is C7H16ClNO. The monoisotopic (exact) mass is 165 g/mol. The normalized spacial score (nSPS) is 18.6. The summed E-state index contributed by atoms with van der Waals surface area (Å²) in [4.78, 5) is 0. The van der Waals surface area contributed by atoms with Crippen molar-refractivity contribution in [2.24, 2.45) is 5.73 Å². The van der Waals surface area contributed by atoms with E-state index in [1.165, 1.54) is 0 Å². The number of hydrogen-bond acceptors (Lipinski definition) is 2. The molecule has 0 radical (unpaired) electrons. The van der Waals surface area contributed by atoms with E-state index in [1.54, 1.807) is 0 Å². The van der Waals surface area contributed by atoms with Crippen LogP contribution in [0, 0.1) is 0 Å². The molecule has 0 saturated heterocycles. The van der Waals surface area contributed by atoms with Crippen LogP contribution in [0.4, 0.5) is 0 Å². The molecule has 0 amide bonds. The van der Waals surface area contributed by atoms with Gasteiger partial charge in [-0.25, -0.2) is 0 Å². The van der Waals surface area contributed by atoms with Crippen molar-refractivity contribution in [2.75, 3.05) is 0 Å². The van der Waals surface area contributed by atoms with Crippen LogP contribution in [-0.2, 0) is 0 Å². The first-order chi connectivity index (χ1) is 4.27. The van der Waals surface area contributed by atoms with Gasteiger partial charge < -0.3 is 10.8 Å². The van der Waals surface area contributed by atoms with Gasteiger partial charge in [0.1, 0.15) is 5.06 Å². The summed E-state index contributed by atoms with van der Waals surface area (Å²) in [5, 5.41) is 8.22. The number of aliphatic hydroxyl groups is 1. The van der Waals surface area contributed by atoms with Crippen molar-refractivity contribution in [3.63, 3.8) is 0 Å². The summed E-state index contributed by atoms with van der Waals surface area (Å²) in [6.45, 7) is 5.52. The van der Waals surface area contributed by atoms with E-state index >= 15 is 0 Å². The Balaban J connectivity index is 3.89. The molecule has 0 aromatic carbocycles. The van der Waals surface area contributed by atoms with Gasteiger partial charge in [0.2, 0.25) is 0 Å². The second kappa shape index (κ2) is 3.07. The van der Waals surface area contributed by atoms with Gasteiger partial charge in [0.15, 0.2) is 0 Å². The minimum Gasteiger partial charge on any atom is -0.375 e. The molecular weight excluding hydrogens is 150 g/mol. The van der Waals surface area contributed by atoms with Crippen molar-refractivity contribution in [3.05, 3.63) is 0 Å². The molecule has 1 unspecified atom stereocenters. The smallest absolute Gasteiger partial charge is 0.140 e. The van der Waals surface area contributed by atoms with Crippen LogP contribution in [0.3, 0.4) is 0 Å². The molecule has 2 nitrogen and oxygen atoms in total. The van der Waals surface area contributed by atoms with Crippen molar-refractivity contribution < 1.29 is 5.11 Å². The van der Waals surface area contributed by atoms with Crippen molar-refractivity contribution in [1.82, 2.24) is 0 Å². The Morgan fingerprint density at radius 3 is 2.00 bits per heavy atom. The van der Waals surface area contributed by atoms with E-state index < -0.39 is 10.6 Å². The van der Waals surface area contributed by atoms with Crippen LogP contribution < -0.4 is 5.73 Å². The summed E-state index contributed by atoms with van der Waals surface area (Å²) in [5.41, 5.74) is 5.26. The first-order valence-corrected chi connectivity index (χ1v) is 3.85. The van der Waals surface area contributed by atoms with E-state index in [4.69, 9.17) is 17.3 Å². The predicted octanol–water partition coefficient (Wildman–Crippen LogP) is 1.45. The van der Waals surface area contributed by atoms with Crippen molar-refractivity contribution in [2.45, 2.75) is 44.2 Å². The maximum absolute atomic E-state index is 9.34. The molecule has 0 aliphatic heterocycles. The van der Waals surface area contributed by atoms with E-state index in [1.807, 2.05) is 20.8 Å². The Hall–Kier alpha value is 0.210. The number of halogens is 1. The molecule has 3 N–H and O–H groups in total. The molecule has 0 saturated carbocycles. The average molecular weight is 166 g/mol. The number of nitrogens with two attached hydrogens (primary N) is 1. The topological polar surface area (TPSA) is 46.2 Å². The van der Waals surface area contributed by atoms with Crippen LogP contribution in [0.1, 0.15) is 33.6 Å². The first-order valence-electron chi connectivity index (χ1n) is 3.47. The Bertz CT molecular complexity index is 107. The van der Waals surface area contributed by atoms with E-state index in [2.05, 4.69) is 0 Å². The lowest BCUT2D eigenvalue weighted by atomic mass is 9.96. The lowest BCUT2D eigenvalue weighted by Gasteiger charge is -2.27. The van der Waals surface area contributed by atoms with Gasteiger partial charge in [0, 0.05) is 12.0 Å². The summed E-state index contributed by atoms with van der Waals surface area (Å²) in [7, 11) is 0. The van der Waals surface area contributed by atoms with E-state index in [9.17, 15) is 5.11 Å². The Morgan fingerprint density at radius 1 is 1.50 bits per heavy atom. The molecule has 62 valence electrons. The van der Waals surface area contributed by atoms with Gasteiger partial charge in [-0.05, 0) is 20.3 Å². The molecule has 1 atom stereocenters. The number of alkyl halides is 1. The third-order valence-corrected chi connectivity index (χ3v) is 1.67. The molecule has 0 aliphatic carbocycles. The summed E-state index contributed by atoms with van der Waals surface area (Å²) < 4.78 is 0. The zero-order valence-electron chi connectivity index (χ0n) is 6.82. The van der Waals surface area contributed by atoms with E-state index in [0.29, 0.717) is 12.8 Å². The zero-order chi connectivity index (χ0) is 8.41. The van der Waals surface area contributed by atoms with Crippen LogP contribution in [0.5, 0.6) is 0 Å². The number of rotatable bonds is 3. The Kier molecular flexibility index (Phi) is 3.14. The lowest BCUT2D eigenvalue weighted by molar-refractivity contribution is 0.0931. The highest BCUT2D eigenvalue weighted by molar-refractivity contribution is 6.22. The molecule has 3 heteroatoms. The maximum atomic E-state index is 9.34. The van der Waals surface area contributed by atoms with Crippen LogP contribution in [0.15, 0.2) is 0 Å².